The fourth-order valence-electron chi connectivity index (χ4n) is 8.03. The predicted octanol–water partition coefficient (Wildman–Crippen LogP) is 12.6. The molecule has 0 amide bonds. The maximum atomic E-state index is 7.35. The first-order chi connectivity index (χ1) is 29.7. The van der Waals surface area contributed by atoms with E-state index in [2.05, 4.69) is 170 Å². The van der Waals surface area contributed by atoms with E-state index in [0.29, 0.717) is 0 Å². The summed E-state index contributed by atoms with van der Waals surface area (Å²) in [5.41, 5.74) is 1.71. The Hall–Kier alpha value is -5.30. The molecule has 4 heteroatoms. The Morgan fingerprint density at radius 3 is 0.823 bits per heavy atom. The molecular weight excluding hydrogens is 1150 g/mol. The smallest absolute Gasteiger partial charge is 0.366 e. The third-order valence-electron chi connectivity index (χ3n) is 10.9. The Morgan fingerprint density at radius 1 is 0.290 bits per heavy atom. The van der Waals surface area contributed by atoms with E-state index in [-0.39, 0.29) is 44.8 Å². The number of hydrogen-bond acceptors (Lipinski definition) is 0. The maximum Gasteiger partial charge on any atom is 1.00 e. The van der Waals surface area contributed by atoms with Gasteiger partial charge in [0.25, 0.3) is 0 Å². The molecule has 306 valence electrons. The summed E-state index contributed by atoms with van der Waals surface area (Å²) in [7, 11) is -1.57. The average Bonchev–Trinajstić information content (AvgIpc) is 3.34. The second kappa shape index (κ2) is 23.2. The van der Waals surface area contributed by atoms with E-state index in [1.54, 1.807) is 0 Å². The standard InChI is InChI=1S/C26H24P2.2C16H9.2Au/c1-5-13-23(14-6-1)27(24-15-7-2-8-16-24)21-22-28(25-17-9-3-10-18-25)26-19-11-4-12-20-26;2*1-2-12-11-13-7-3-4-9-15(13)16-10-6-5-8-14(12)16;;/h1-20H,21-22H2;2*3-11H;;/q;2*-1;2*+1/p+2. The van der Waals surface area contributed by atoms with Crippen LogP contribution in [0.2, 0.25) is 0 Å². The molecule has 0 aliphatic heterocycles. The predicted molar refractivity (Wildman–Crippen MR) is 266 cm³/mol. The molecule has 0 bridgehead atoms. The molecule has 0 saturated carbocycles. The van der Waals surface area contributed by atoms with Crippen LogP contribution in [0.15, 0.2) is 231 Å². The zero-order chi connectivity index (χ0) is 40.9. The van der Waals surface area contributed by atoms with Gasteiger partial charge in [-0.3, -0.25) is 11.8 Å². The van der Waals surface area contributed by atoms with Crippen LogP contribution in [0.5, 0.6) is 0 Å². The molecule has 0 spiro atoms. The normalized spacial score (nSPS) is 10.4. The summed E-state index contributed by atoms with van der Waals surface area (Å²) in [6, 6.07) is 81.4. The summed E-state index contributed by atoms with van der Waals surface area (Å²) < 4.78 is 0. The van der Waals surface area contributed by atoms with Gasteiger partial charge in [0.2, 0.25) is 0 Å². The molecule has 0 N–H and O–H groups in total. The van der Waals surface area contributed by atoms with E-state index >= 15 is 0 Å². The number of fused-ring (bicyclic) bond motifs is 6. The van der Waals surface area contributed by atoms with E-state index in [4.69, 9.17) is 12.8 Å². The van der Waals surface area contributed by atoms with Crippen molar-refractivity contribution in [3.63, 3.8) is 0 Å². The molecule has 0 aliphatic carbocycles. The Balaban J connectivity index is 0.000000162. The fourth-order valence-corrected chi connectivity index (χ4v) is 14.2. The fraction of sp³-hybridized carbons (Fsp3) is 0.0345. The molecular formula is C58H44Au2P2+2. The van der Waals surface area contributed by atoms with E-state index in [9.17, 15) is 0 Å². The molecule has 0 aliphatic rings. The van der Waals surface area contributed by atoms with Gasteiger partial charge in [-0.05, 0) is 80.8 Å². The van der Waals surface area contributed by atoms with Crippen molar-refractivity contribution in [2.24, 2.45) is 0 Å². The van der Waals surface area contributed by atoms with Gasteiger partial charge in [0.1, 0.15) is 12.3 Å². The molecule has 0 unspecified atom stereocenters. The molecule has 0 nitrogen and oxygen atoms in total. The van der Waals surface area contributed by atoms with Crippen LogP contribution in [0.25, 0.3) is 43.1 Å². The molecule has 0 heterocycles. The third-order valence-corrected chi connectivity index (χ3v) is 17.0. The Bertz CT molecular complexity index is 2780. The summed E-state index contributed by atoms with van der Waals surface area (Å²) in [5, 5.41) is 15.4. The first-order valence-electron chi connectivity index (χ1n) is 20.3. The first-order valence-corrected chi connectivity index (χ1v) is 23.7. The molecule has 10 rings (SSSR count). The van der Waals surface area contributed by atoms with Gasteiger partial charge < -0.3 is 12.8 Å². The largest absolute Gasteiger partial charge is 1.00 e. The van der Waals surface area contributed by atoms with Crippen molar-refractivity contribution in [1.29, 1.82) is 0 Å². The Morgan fingerprint density at radius 2 is 0.532 bits per heavy atom. The van der Waals surface area contributed by atoms with Crippen LogP contribution in [0.1, 0.15) is 11.1 Å². The zero-order valence-corrected chi connectivity index (χ0v) is 40.3. The van der Waals surface area contributed by atoms with Gasteiger partial charge in [0.15, 0.2) is 0 Å². The Kier molecular flexibility index (Phi) is 17.3. The van der Waals surface area contributed by atoms with Gasteiger partial charge in [0, 0.05) is 0 Å². The van der Waals surface area contributed by atoms with Gasteiger partial charge in [0.05, 0.1) is 37.1 Å². The monoisotopic (exact) mass is 1200 g/mol. The van der Waals surface area contributed by atoms with Crippen molar-refractivity contribution >= 4 is 80.2 Å². The average molecular weight is 1200 g/mol. The summed E-state index contributed by atoms with van der Waals surface area (Å²) in [6.45, 7) is 0. The maximum absolute atomic E-state index is 7.35. The second-order valence-corrected chi connectivity index (χ2v) is 19.8. The van der Waals surface area contributed by atoms with Gasteiger partial charge >= 0.3 is 44.8 Å². The molecule has 0 radical (unpaired) electrons. The topological polar surface area (TPSA) is 0 Å². The van der Waals surface area contributed by atoms with Gasteiger partial charge in [-0.1, -0.05) is 181 Å². The van der Waals surface area contributed by atoms with Crippen LogP contribution in [-0.4, -0.2) is 12.3 Å². The van der Waals surface area contributed by atoms with Crippen LogP contribution in [-0.2, 0) is 44.8 Å². The summed E-state index contributed by atoms with van der Waals surface area (Å²) >= 11 is 0. The van der Waals surface area contributed by atoms with E-state index in [1.807, 2.05) is 72.8 Å². The van der Waals surface area contributed by atoms with Crippen molar-refractivity contribution in [3.8, 4) is 11.8 Å². The molecule has 10 aromatic rings. The van der Waals surface area contributed by atoms with Crippen molar-refractivity contribution in [2.75, 3.05) is 12.3 Å². The number of benzene rings is 10. The van der Waals surface area contributed by atoms with Crippen LogP contribution < -0.4 is 21.2 Å². The molecule has 62 heavy (non-hydrogen) atoms. The molecule has 0 atom stereocenters. The van der Waals surface area contributed by atoms with Gasteiger partial charge in [-0.25, -0.2) is 0 Å². The molecule has 0 fully saturated rings. The first kappa shape index (κ1) is 46.2. The minimum absolute atomic E-state index is 0. The van der Waals surface area contributed by atoms with Crippen molar-refractivity contribution in [2.45, 2.75) is 0 Å². The van der Waals surface area contributed by atoms with Gasteiger partial charge in [-0.15, -0.1) is 23.3 Å². The van der Waals surface area contributed by atoms with E-state index < -0.39 is 15.8 Å². The molecule has 0 aromatic heterocycles. The SMILES string of the molecule is [Au+].[Au+].[C-]#Cc1cc2ccccc2c2ccccc12.[C-]#Cc1cc2ccccc2c2ccccc12.c1ccc([PH+](CC[PH+](c2ccccc2)c2ccccc2)c2ccccc2)cc1. The van der Waals surface area contributed by atoms with Crippen molar-refractivity contribution < 1.29 is 44.8 Å². The minimum Gasteiger partial charge on any atom is -0.366 e. The Labute approximate surface area is 400 Å². The summed E-state index contributed by atoms with van der Waals surface area (Å²) in [5.74, 6) is 5.02. The molecule has 0 saturated heterocycles. The van der Waals surface area contributed by atoms with E-state index in [0.717, 1.165) is 32.7 Å². The number of hydrogen-bond donors (Lipinski definition) is 0. The van der Waals surface area contributed by atoms with Crippen LogP contribution in [0.3, 0.4) is 0 Å². The minimum atomic E-state index is -0.783. The third kappa shape index (κ3) is 11.0. The summed E-state index contributed by atoms with van der Waals surface area (Å²) in [4.78, 5) is 0. The van der Waals surface area contributed by atoms with Gasteiger partial charge in [-0.2, -0.15) is 0 Å². The molecule has 10 aromatic carbocycles. The zero-order valence-electron chi connectivity index (χ0n) is 34.0. The van der Waals surface area contributed by atoms with Crippen LogP contribution in [0, 0.1) is 24.7 Å². The second-order valence-electron chi connectivity index (χ2n) is 14.6. The van der Waals surface area contributed by atoms with Crippen molar-refractivity contribution in [1.82, 2.24) is 0 Å². The number of rotatable bonds is 7. The van der Waals surface area contributed by atoms with Crippen LogP contribution >= 0.6 is 15.8 Å². The van der Waals surface area contributed by atoms with Crippen molar-refractivity contribution in [3.05, 3.63) is 254 Å². The summed E-state index contributed by atoms with van der Waals surface area (Å²) in [6.07, 6.45) is 17.2. The quantitative estimate of drug-likeness (QED) is 0.0491. The van der Waals surface area contributed by atoms with E-state index in [1.165, 1.54) is 55.1 Å². The van der Waals surface area contributed by atoms with Crippen LogP contribution in [0.4, 0.5) is 0 Å².